The molecular weight excluding hydrogens is 246 g/mol. The van der Waals surface area contributed by atoms with Crippen molar-refractivity contribution >= 4 is 11.0 Å². The van der Waals surface area contributed by atoms with Crippen molar-refractivity contribution in [2.24, 2.45) is 12.8 Å². The van der Waals surface area contributed by atoms with Crippen LogP contribution in [0.2, 0.25) is 0 Å². The highest BCUT2D eigenvalue weighted by Gasteiger charge is 2.09. The van der Waals surface area contributed by atoms with E-state index in [4.69, 9.17) is 10.7 Å². The Labute approximate surface area is 119 Å². The van der Waals surface area contributed by atoms with Gasteiger partial charge in [-0.3, -0.25) is 0 Å². The van der Waals surface area contributed by atoms with Gasteiger partial charge in [0.05, 0.1) is 11.0 Å². The molecule has 0 saturated heterocycles. The van der Waals surface area contributed by atoms with Gasteiger partial charge in [-0.05, 0) is 43.1 Å². The summed E-state index contributed by atoms with van der Waals surface area (Å²) in [4.78, 5) is 4.76. The van der Waals surface area contributed by atoms with Gasteiger partial charge in [-0.2, -0.15) is 0 Å². The lowest BCUT2D eigenvalue weighted by Crippen LogP contribution is -2.02. The molecule has 1 heterocycles. The zero-order valence-electron chi connectivity index (χ0n) is 11.9. The second-order valence-corrected chi connectivity index (χ2v) is 5.22. The summed E-state index contributed by atoms with van der Waals surface area (Å²) in [5.74, 6) is 1.00. The third-order valence-electron chi connectivity index (χ3n) is 3.68. The Bertz CT molecular complexity index is 739. The van der Waals surface area contributed by atoms with E-state index >= 15 is 0 Å². The molecule has 0 radical (unpaired) electrons. The van der Waals surface area contributed by atoms with Crippen LogP contribution >= 0.6 is 0 Å². The summed E-state index contributed by atoms with van der Waals surface area (Å²) < 4.78 is 2.15. The van der Waals surface area contributed by atoms with Crippen LogP contribution in [-0.4, -0.2) is 16.1 Å². The number of aromatic nitrogens is 2. The quantitative estimate of drug-likeness (QED) is 0.791. The third kappa shape index (κ3) is 2.21. The van der Waals surface area contributed by atoms with E-state index in [0.29, 0.717) is 6.54 Å². The summed E-state index contributed by atoms with van der Waals surface area (Å²) in [6, 6.07) is 14.9. The van der Waals surface area contributed by atoms with Crippen LogP contribution in [-0.2, 0) is 13.5 Å². The molecule has 0 fully saturated rings. The van der Waals surface area contributed by atoms with Gasteiger partial charge >= 0.3 is 0 Å². The molecule has 20 heavy (non-hydrogen) atoms. The van der Waals surface area contributed by atoms with Gasteiger partial charge in [0.1, 0.15) is 5.82 Å². The topological polar surface area (TPSA) is 43.8 Å². The van der Waals surface area contributed by atoms with Crippen molar-refractivity contribution in [2.75, 3.05) is 6.54 Å². The van der Waals surface area contributed by atoms with Gasteiger partial charge in [0, 0.05) is 12.6 Å². The molecule has 3 aromatic rings. The molecule has 2 aromatic carbocycles. The van der Waals surface area contributed by atoms with E-state index in [-0.39, 0.29) is 0 Å². The van der Waals surface area contributed by atoms with Crippen LogP contribution in [0.25, 0.3) is 22.4 Å². The number of nitrogens with two attached hydrogens (primary N) is 1. The number of rotatable bonds is 3. The molecule has 0 bridgehead atoms. The van der Waals surface area contributed by atoms with Gasteiger partial charge < -0.3 is 10.3 Å². The Hall–Kier alpha value is -2.13. The number of imidazole rings is 1. The van der Waals surface area contributed by atoms with Crippen LogP contribution in [0.1, 0.15) is 11.1 Å². The van der Waals surface area contributed by atoms with E-state index in [0.717, 1.165) is 28.8 Å². The minimum Gasteiger partial charge on any atom is -0.330 e. The molecule has 3 heteroatoms. The van der Waals surface area contributed by atoms with Gasteiger partial charge in [0.2, 0.25) is 0 Å². The third-order valence-corrected chi connectivity index (χ3v) is 3.68. The highest BCUT2D eigenvalue weighted by Crippen LogP contribution is 2.24. The highest BCUT2D eigenvalue weighted by molar-refractivity contribution is 5.81. The van der Waals surface area contributed by atoms with Gasteiger partial charge in [0.15, 0.2) is 0 Å². The van der Waals surface area contributed by atoms with E-state index in [1.54, 1.807) is 0 Å². The molecule has 0 spiro atoms. The molecule has 3 nitrogen and oxygen atoms in total. The van der Waals surface area contributed by atoms with Crippen LogP contribution in [0, 0.1) is 6.92 Å². The van der Waals surface area contributed by atoms with Crippen molar-refractivity contribution in [2.45, 2.75) is 13.3 Å². The largest absolute Gasteiger partial charge is 0.330 e. The van der Waals surface area contributed by atoms with Gasteiger partial charge in [-0.25, -0.2) is 4.98 Å². The van der Waals surface area contributed by atoms with Crippen molar-refractivity contribution in [3.05, 3.63) is 53.6 Å². The maximum atomic E-state index is 5.58. The predicted octanol–water partition coefficient (Wildman–Crippen LogP) is 3.05. The first-order valence-electron chi connectivity index (χ1n) is 6.91. The molecule has 0 aliphatic carbocycles. The Morgan fingerprint density at radius 1 is 1.10 bits per heavy atom. The normalized spacial score (nSPS) is 11.2. The molecule has 0 unspecified atom stereocenters. The van der Waals surface area contributed by atoms with Crippen molar-refractivity contribution in [1.82, 2.24) is 9.55 Å². The summed E-state index contributed by atoms with van der Waals surface area (Å²) in [6.07, 6.45) is 0.919. The standard InChI is InChI=1S/C17H19N3/c1-12-3-8-16-15(11-12)19-17(20(16)2)14-6-4-13(5-7-14)9-10-18/h3-8,11H,9-10,18H2,1-2H3. The Kier molecular flexibility index (Phi) is 3.28. The summed E-state index contributed by atoms with van der Waals surface area (Å²) in [7, 11) is 2.06. The van der Waals surface area contributed by atoms with Crippen molar-refractivity contribution in [1.29, 1.82) is 0 Å². The van der Waals surface area contributed by atoms with Crippen molar-refractivity contribution < 1.29 is 0 Å². The molecule has 0 amide bonds. The maximum absolute atomic E-state index is 5.58. The lowest BCUT2D eigenvalue weighted by molar-refractivity contribution is 0.954. The first-order valence-corrected chi connectivity index (χ1v) is 6.91. The molecule has 2 N–H and O–H groups in total. The number of benzene rings is 2. The average molecular weight is 265 g/mol. The summed E-state index contributed by atoms with van der Waals surface area (Å²) in [6.45, 7) is 2.78. The number of aryl methyl sites for hydroxylation is 2. The molecule has 3 rings (SSSR count). The molecular formula is C17H19N3. The summed E-state index contributed by atoms with van der Waals surface area (Å²) in [5, 5.41) is 0. The van der Waals surface area contributed by atoms with Crippen molar-refractivity contribution in [3.8, 4) is 11.4 Å². The van der Waals surface area contributed by atoms with E-state index in [9.17, 15) is 0 Å². The first-order chi connectivity index (χ1) is 9.69. The number of hydrogen-bond acceptors (Lipinski definition) is 2. The summed E-state index contributed by atoms with van der Waals surface area (Å²) >= 11 is 0. The zero-order chi connectivity index (χ0) is 14.1. The monoisotopic (exact) mass is 265 g/mol. The second kappa shape index (κ2) is 5.10. The number of hydrogen-bond donors (Lipinski definition) is 1. The van der Waals surface area contributed by atoms with Crippen LogP contribution in [0.3, 0.4) is 0 Å². The first kappa shape index (κ1) is 12.9. The van der Waals surface area contributed by atoms with E-state index < -0.39 is 0 Å². The lowest BCUT2D eigenvalue weighted by Gasteiger charge is -2.04. The van der Waals surface area contributed by atoms with E-state index in [1.165, 1.54) is 11.1 Å². The van der Waals surface area contributed by atoms with Crippen LogP contribution in [0.15, 0.2) is 42.5 Å². The Morgan fingerprint density at radius 2 is 1.85 bits per heavy atom. The van der Waals surface area contributed by atoms with E-state index in [2.05, 4.69) is 61.0 Å². The molecule has 0 saturated carbocycles. The molecule has 1 aromatic heterocycles. The Balaban J connectivity index is 2.07. The van der Waals surface area contributed by atoms with Gasteiger partial charge in [0.25, 0.3) is 0 Å². The van der Waals surface area contributed by atoms with Crippen LogP contribution in [0.4, 0.5) is 0 Å². The molecule has 102 valence electrons. The van der Waals surface area contributed by atoms with Crippen LogP contribution < -0.4 is 5.73 Å². The SMILES string of the molecule is Cc1ccc2c(c1)nc(-c1ccc(CCN)cc1)n2C. The highest BCUT2D eigenvalue weighted by atomic mass is 15.1. The summed E-state index contributed by atoms with van der Waals surface area (Å²) in [5.41, 5.74) is 11.4. The van der Waals surface area contributed by atoms with Gasteiger partial charge in [-0.15, -0.1) is 0 Å². The van der Waals surface area contributed by atoms with E-state index in [1.807, 2.05) is 0 Å². The molecule has 0 aliphatic heterocycles. The minimum atomic E-state index is 0.685. The zero-order valence-corrected chi connectivity index (χ0v) is 11.9. The second-order valence-electron chi connectivity index (χ2n) is 5.22. The maximum Gasteiger partial charge on any atom is 0.140 e. The average Bonchev–Trinajstić information content (AvgIpc) is 2.77. The lowest BCUT2D eigenvalue weighted by atomic mass is 10.1. The smallest absolute Gasteiger partial charge is 0.140 e. The Morgan fingerprint density at radius 3 is 2.55 bits per heavy atom. The number of nitrogens with zero attached hydrogens (tertiary/aromatic N) is 2. The fourth-order valence-corrected chi connectivity index (χ4v) is 2.56. The van der Waals surface area contributed by atoms with Crippen LogP contribution in [0.5, 0.6) is 0 Å². The fourth-order valence-electron chi connectivity index (χ4n) is 2.56. The molecule has 0 atom stereocenters. The minimum absolute atomic E-state index is 0.685. The van der Waals surface area contributed by atoms with Gasteiger partial charge in [-0.1, -0.05) is 30.3 Å². The van der Waals surface area contributed by atoms with Crippen molar-refractivity contribution in [3.63, 3.8) is 0 Å². The number of fused-ring (bicyclic) bond motifs is 1. The molecule has 0 aliphatic rings. The fraction of sp³-hybridized carbons (Fsp3) is 0.235. The predicted molar refractivity (Wildman–Crippen MR) is 83.6 cm³/mol.